The molecule has 1 fully saturated rings. The SMILES string of the molecule is O=C(c1nc(Cl)ccc1Cl)N(C[C@@H]1CCCO1)c1nc2ccccc2s1. The topological polar surface area (TPSA) is 55.3 Å². The highest BCUT2D eigenvalue weighted by Gasteiger charge is 2.29. The minimum Gasteiger partial charge on any atom is -0.376 e. The van der Waals surface area contributed by atoms with Crippen LogP contribution in [0.3, 0.4) is 0 Å². The summed E-state index contributed by atoms with van der Waals surface area (Å²) >= 11 is 13.6. The van der Waals surface area contributed by atoms with Crippen LogP contribution in [-0.2, 0) is 4.74 Å². The number of benzene rings is 1. The highest BCUT2D eigenvalue weighted by atomic mass is 35.5. The predicted molar refractivity (Wildman–Crippen MR) is 105 cm³/mol. The van der Waals surface area contributed by atoms with Crippen LogP contribution in [0.5, 0.6) is 0 Å². The molecule has 0 aliphatic carbocycles. The Morgan fingerprint density at radius 1 is 1.23 bits per heavy atom. The highest BCUT2D eigenvalue weighted by molar-refractivity contribution is 7.22. The van der Waals surface area contributed by atoms with Crippen LogP contribution in [0, 0.1) is 0 Å². The summed E-state index contributed by atoms with van der Waals surface area (Å²) in [6.07, 6.45) is 1.87. The van der Waals surface area contributed by atoms with E-state index in [2.05, 4.69) is 9.97 Å². The predicted octanol–water partition coefficient (Wildman–Crippen LogP) is 4.82. The molecule has 134 valence electrons. The quantitative estimate of drug-likeness (QED) is 0.581. The van der Waals surface area contributed by atoms with E-state index in [1.807, 2.05) is 24.3 Å². The number of thiazole rings is 1. The first-order chi connectivity index (χ1) is 12.6. The van der Waals surface area contributed by atoms with E-state index in [4.69, 9.17) is 27.9 Å². The molecule has 0 spiro atoms. The summed E-state index contributed by atoms with van der Waals surface area (Å²) in [6.45, 7) is 1.12. The first kappa shape index (κ1) is 17.7. The van der Waals surface area contributed by atoms with Crippen molar-refractivity contribution in [2.24, 2.45) is 0 Å². The number of rotatable bonds is 4. The van der Waals surface area contributed by atoms with Gasteiger partial charge in [-0.3, -0.25) is 9.69 Å². The van der Waals surface area contributed by atoms with Gasteiger partial charge in [-0.1, -0.05) is 46.7 Å². The number of anilines is 1. The van der Waals surface area contributed by atoms with E-state index >= 15 is 0 Å². The van der Waals surface area contributed by atoms with Crippen molar-refractivity contribution in [2.75, 3.05) is 18.1 Å². The maximum Gasteiger partial charge on any atom is 0.280 e. The van der Waals surface area contributed by atoms with Crippen molar-refractivity contribution in [3.8, 4) is 0 Å². The number of hydrogen-bond donors (Lipinski definition) is 0. The van der Waals surface area contributed by atoms with Gasteiger partial charge in [-0.05, 0) is 37.1 Å². The zero-order valence-corrected chi connectivity index (χ0v) is 16.0. The molecule has 0 N–H and O–H groups in total. The monoisotopic (exact) mass is 407 g/mol. The van der Waals surface area contributed by atoms with Gasteiger partial charge in [-0.15, -0.1) is 0 Å². The molecule has 2 aromatic heterocycles. The van der Waals surface area contributed by atoms with Crippen molar-refractivity contribution in [1.82, 2.24) is 9.97 Å². The second kappa shape index (κ2) is 7.48. The number of fused-ring (bicyclic) bond motifs is 1. The summed E-state index contributed by atoms with van der Waals surface area (Å²) in [5.74, 6) is -0.327. The van der Waals surface area contributed by atoms with Crippen LogP contribution in [0.4, 0.5) is 5.13 Å². The van der Waals surface area contributed by atoms with Gasteiger partial charge in [0.05, 0.1) is 27.9 Å². The van der Waals surface area contributed by atoms with Crippen molar-refractivity contribution in [1.29, 1.82) is 0 Å². The van der Waals surface area contributed by atoms with Gasteiger partial charge in [0, 0.05) is 6.61 Å². The van der Waals surface area contributed by atoms with Gasteiger partial charge in [0.25, 0.3) is 5.91 Å². The molecule has 0 radical (unpaired) electrons. The van der Waals surface area contributed by atoms with E-state index in [1.165, 1.54) is 11.3 Å². The average molecular weight is 408 g/mol. The molecule has 3 aromatic rings. The van der Waals surface area contributed by atoms with Crippen molar-refractivity contribution < 1.29 is 9.53 Å². The summed E-state index contributed by atoms with van der Waals surface area (Å²) in [4.78, 5) is 23.6. The Labute approximate surface area is 164 Å². The number of carbonyl (C=O) groups excluding carboxylic acids is 1. The maximum atomic E-state index is 13.2. The second-order valence-corrected chi connectivity index (χ2v) is 7.78. The minimum absolute atomic E-state index is 0.0241. The third-order valence-electron chi connectivity index (χ3n) is 4.18. The van der Waals surface area contributed by atoms with Crippen LogP contribution in [0.15, 0.2) is 36.4 Å². The molecule has 1 aromatic carbocycles. The van der Waals surface area contributed by atoms with Gasteiger partial charge in [0.15, 0.2) is 5.13 Å². The molecular weight excluding hydrogens is 393 g/mol. The fourth-order valence-corrected chi connectivity index (χ4v) is 4.22. The number of ether oxygens (including phenoxy) is 1. The lowest BCUT2D eigenvalue weighted by Crippen LogP contribution is -2.38. The Morgan fingerprint density at radius 2 is 2.08 bits per heavy atom. The molecule has 4 rings (SSSR count). The zero-order chi connectivity index (χ0) is 18.1. The largest absolute Gasteiger partial charge is 0.376 e. The third-order valence-corrected chi connectivity index (χ3v) is 5.76. The molecule has 1 aliphatic heterocycles. The molecule has 1 saturated heterocycles. The normalized spacial score (nSPS) is 16.9. The summed E-state index contributed by atoms with van der Waals surface area (Å²) in [5.41, 5.74) is 0.971. The van der Waals surface area contributed by atoms with Crippen molar-refractivity contribution in [3.05, 3.63) is 52.3 Å². The summed E-state index contributed by atoms with van der Waals surface area (Å²) in [7, 11) is 0. The van der Waals surface area contributed by atoms with Gasteiger partial charge in [0.2, 0.25) is 0 Å². The number of pyridine rings is 1. The summed E-state index contributed by atoms with van der Waals surface area (Å²) in [6, 6.07) is 10.9. The molecule has 0 unspecified atom stereocenters. The Balaban J connectivity index is 1.74. The Bertz CT molecular complexity index is 924. The number of carbonyl (C=O) groups is 1. The average Bonchev–Trinajstić information content (AvgIpc) is 3.30. The van der Waals surface area contributed by atoms with Crippen LogP contribution in [0.1, 0.15) is 23.3 Å². The second-order valence-electron chi connectivity index (χ2n) is 5.98. The lowest BCUT2D eigenvalue weighted by atomic mass is 10.2. The van der Waals surface area contributed by atoms with Crippen molar-refractivity contribution in [3.63, 3.8) is 0 Å². The molecule has 8 heteroatoms. The lowest BCUT2D eigenvalue weighted by molar-refractivity contribution is 0.0913. The minimum atomic E-state index is -0.327. The van der Waals surface area contributed by atoms with Gasteiger partial charge >= 0.3 is 0 Å². The fraction of sp³-hybridized carbons (Fsp3) is 0.278. The molecule has 1 amide bonds. The molecule has 1 atom stereocenters. The van der Waals surface area contributed by atoms with Crippen molar-refractivity contribution in [2.45, 2.75) is 18.9 Å². The van der Waals surface area contributed by atoms with E-state index in [1.54, 1.807) is 17.0 Å². The number of hydrogen-bond acceptors (Lipinski definition) is 5. The van der Waals surface area contributed by atoms with E-state index in [0.29, 0.717) is 18.3 Å². The molecule has 26 heavy (non-hydrogen) atoms. The van der Waals surface area contributed by atoms with E-state index in [-0.39, 0.29) is 27.9 Å². The maximum absolute atomic E-state index is 13.2. The van der Waals surface area contributed by atoms with Crippen LogP contribution in [0.2, 0.25) is 10.2 Å². The standard InChI is InChI=1S/C18H15Cl2N3O2S/c19-12-7-8-15(20)22-16(12)17(24)23(10-11-4-3-9-25-11)18-21-13-5-1-2-6-14(13)26-18/h1-2,5-8,11H,3-4,9-10H2/t11-/m0/s1. The van der Waals surface area contributed by atoms with Gasteiger partial charge < -0.3 is 4.74 Å². The number of halogens is 2. The number of aromatic nitrogens is 2. The Hall–Kier alpha value is -1.73. The highest BCUT2D eigenvalue weighted by Crippen LogP contribution is 2.31. The fourth-order valence-electron chi connectivity index (χ4n) is 2.91. The molecule has 0 saturated carbocycles. The first-order valence-electron chi connectivity index (χ1n) is 8.23. The van der Waals surface area contributed by atoms with E-state index < -0.39 is 0 Å². The van der Waals surface area contributed by atoms with Crippen LogP contribution in [-0.4, -0.2) is 35.1 Å². The number of amides is 1. The van der Waals surface area contributed by atoms with Crippen LogP contribution >= 0.6 is 34.5 Å². The molecule has 0 bridgehead atoms. The zero-order valence-electron chi connectivity index (χ0n) is 13.7. The van der Waals surface area contributed by atoms with E-state index in [9.17, 15) is 4.79 Å². The van der Waals surface area contributed by atoms with Gasteiger partial charge in [0.1, 0.15) is 10.8 Å². The van der Waals surface area contributed by atoms with Gasteiger partial charge in [-0.25, -0.2) is 9.97 Å². The Kier molecular flexibility index (Phi) is 5.09. The van der Waals surface area contributed by atoms with Crippen LogP contribution in [0.25, 0.3) is 10.2 Å². The Morgan fingerprint density at radius 3 is 2.85 bits per heavy atom. The van der Waals surface area contributed by atoms with Gasteiger partial charge in [-0.2, -0.15) is 0 Å². The first-order valence-corrected chi connectivity index (χ1v) is 9.80. The number of nitrogens with zero attached hydrogens (tertiary/aromatic N) is 3. The smallest absolute Gasteiger partial charge is 0.280 e. The van der Waals surface area contributed by atoms with Crippen LogP contribution < -0.4 is 4.90 Å². The summed E-state index contributed by atoms with van der Waals surface area (Å²) < 4.78 is 6.73. The van der Waals surface area contributed by atoms with E-state index in [0.717, 1.165) is 23.1 Å². The van der Waals surface area contributed by atoms with Crippen molar-refractivity contribution >= 4 is 55.8 Å². The molecule has 3 heterocycles. The molecule has 1 aliphatic rings. The summed E-state index contributed by atoms with van der Waals surface area (Å²) in [5, 5.41) is 1.08. The number of para-hydroxylation sites is 1. The lowest BCUT2D eigenvalue weighted by Gasteiger charge is -2.23. The molecule has 5 nitrogen and oxygen atoms in total. The molecular formula is C18H15Cl2N3O2S. The third kappa shape index (κ3) is 3.55.